The number of rotatable bonds is 2. The number of hydrogen-bond acceptors (Lipinski definition) is 4. The fourth-order valence-corrected chi connectivity index (χ4v) is 2.13. The molecule has 1 aliphatic heterocycles. The van der Waals surface area contributed by atoms with Crippen molar-refractivity contribution in [3.05, 3.63) is 30.1 Å². The highest BCUT2D eigenvalue weighted by Gasteiger charge is 2.14. The van der Waals surface area contributed by atoms with Crippen molar-refractivity contribution in [2.24, 2.45) is 0 Å². The zero-order valence-electron chi connectivity index (χ0n) is 9.74. The molecular weight excluding hydrogens is 234 g/mol. The predicted octanol–water partition coefficient (Wildman–Crippen LogP) is 0.703. The van der Waals surface area contributed by atoms with Gasteiger partial charge in [-0.15, -0.1) is 0 Å². The van der Waals surface area contributed by atoms with Crippen molar-refractivity contribution in [2.45, 2.75) is 0 Å². The van der Waals surface area contributed by atoms with Gasteiger partial charge in [-0.05, 0) is 18.2 Å². The van der Waals surface area contributed by atoms with Gasteiger partial charge in [-0.2, -0.15) is 0 Å². The molecule has 6 heteroatoms. The smallest absolute Gasteiger partial charge is 0.335 e. The number of carboxylic acid groups (broad SMARTS) is 1. The van der Waals surface area contributed by atoms with Crippen molar-refractivity contribution in [3.8, 4) is 0 Å². The molecule has 0 saturated carbocycles. The van der Waals surface area contributed by atoms with Crippen molar-refractivity contribution < 1.29 is 14.6 Å². The van der Waals surface area contributed by atoms with E-state index in [1.165, 1.54) is 0 Å². The Morgan fingerprint density at radius 2 is 2.11 bits per heavy atom. The summed E-state index contributed by atoms with van der Waals surface area (Å²) in [4.78, 5) is 15.1. The predicted molar refractivity (Wildman–Crippen MR) is 65.5 cm³/mol. The molecule has 6 nitrogen and oxygen atoms in total. The Bertz CT molecular complexity index is 587. The number of aromatic nitrogens is 2. The molecule has 1 aromatic carbocycles. The average molecular weight is 247 g/mol. The van der Waals surface area contributed by atoms with Crippen molar-refractivity contribution in [1.82, 2.24) is 9.66 Å². The van der Waals surface area contributed by atoms with Crippen LogP contribution in [0.25, 0.3) is 11.0 Å². The zero-order valence-corrected chi connectivity index (χ0v) is 9.74. The lowest BCUT2D eigenvalue weighted by atomic mass is 10.2. The Labute approximate surface area is 103 Å². The standard InChI is InChI=1S/C12H13N3O3/c16-12(17)9-1-2-11-10(7-9)13-8-15(11)14-3-5-18-6-4-14/h1-2,7-8H,3-6H2,(H,16,17). The SMILES string of the molecule is O=C(O)c1ccc2c(c1)ncn2N1CCOCC1. The van der Waals surface area contributed by atoms with Crippen LogP contribution in [0.1, 0.15) is 10.4 Å². The molecule has 0 atom stereocenters. The van der Waals surface area contributed by atoms with E-state index in [2.05, 4.69) is 9.99 Å². The number of morpholine rings is 1. The van der Waals surface area contributed by atoms with Crippen molar-refractivity contribution in [1.29, 1.82) is 0 Å². The number of benzene rings is 1. The molecule has 0 unspecified atom stereocenters. The van der Waals surface area contributed by atoms with Crippen LogP contribution in [0, 0.1) is 0 Å². The van der Waals surface area contributed by atoms with Gasteiger partial charge < -0.3 is 14.9 Å². The summed E-state index contributed by atoms with van der Waals surface area (Å²) in [6.07, 6.45) is 1.72. The summed E-state index contributed by atoms with van der Waals surface area (Å²) in [6, 6.07) is 4.99. The molecule has 18 heavy (non-hydrogen) atoms. The van der Waals surface area contributed by atoms with E-state index in [1.807, 2.05) is 4.68 Å². The van der Waals surface area contributed by atoms with Gasteiger partial charge in [0.2, 0.25) is 0 Å². The minimum absolute atomic E-state index is 0.259. The Hall–Kier alpha value is -2.08. The van der Waals surface area contributed by atoms with Gasteiger partial charge in [0, 0.05) is 0 Å². The lowest BCUT2D eigenvalue weighted by molar-refractivity contribution is 0.0697. The minimum Gasteiger partial charge on any atom is -0.478 e. The highest BCUT2D eigenvalue weighted by Crippen LogP contribution is 2.16. The molecule has 3 rings (SSSR count). The van der Waals surface area contributed by atoms with Gasteiger partial charge in [-0.1, -0.05) is 0 Å². The normalized spacial score (nSPS) is 16.1. The Morgan fingerprint density at radius 1 is 1.33 bits per heavy atom. The van der Waals surface area contributed by atoms with Crippen molar-refractivity contribution in [3.63, 3.8) is 0 Å². The molecular formula is C12H13N3O3. The van der Waals surface area contributed by atoms with E-state index in [0.717, 1.165) is 18.6 Å². The number of fused-ring (bicyclic) bond motifs is 1. The monoisotopic (exact) mass is 247 g/mol. The Morgan fingerprint density at radius 3 is 2.83 bits per heavy atom. The first-order chi connectivity index (χ1) is 8.75. The molecule has 2 heterocycles. The third-order valence-electron chi connectivity index (χ3n) is 3.07. The zero-order chi connectivity index (χ0) is 12.5. The van der Waals surface area contributed by atoms with E-state index >= 15 is 0 Å². The maximum absolute atomic E-state index is 10.9. The van der Waals surface area contributed by atoms with Crippen LogP contribution in [0.5, 0.6) is 0 Å². The molecule has 1 saturated heterocycles. The Kier molecular flexibility index (Phi) is 2.64. The summed E-state index contributed by atoms with van der Waals surface area (Å²) in [5.41, 5.74) is 1.87. The quantitative estimate of drug-likeness (QED) is 0.846. The molecule has 1 fully saturated rings. The molecule has 94 valence electrons. The van der Waals surface area contributed by atoms with Crippen LogP contribution in [-0.2, 0) is 4.74 Å². The molecule has 2 aromatic rings. The molecule has 0 spiro atoms. The summed E-state index contributed by atoms with van der Waals surface area (Å²) in [5, 5.41) is 11.1. The van der Waals surface area contributed by atoms with Crippen LogP contribution in [0.3, 0.4) is 0 Å². The third kappa shape index (κ3) is 1.80. The van der Waals surface area contributed by atoms with Crippen LogP contribution in [-0.4, -0.2) is 47.0 Å². The number of hydrogen-bond donors (Lipinski definition) is 1. The van der Waals surface area contributed by atoms with Crippen LogP contribution in [0.15, 0.2) is 24.5 Å². The minimum atomic E-state index is -0.933. The Balaban J connectivity index is 2.01. The second kappa shape index (κ2) is 4.30. The molecule has 0 bridgehead atoms. The highest BCUT2D eigenvalue weighted by atomic mass is 16.5. The van der Waals surface area contributed by atoms with Gasteiger partial charge in [0.1, 0.15) is 6.33 Å². The molecule has 0 aliphatic carbocycles. The van der Waals surface area contributed by atoms with Crippen molar-refractivity contribution in [2.75, 3.05) is 31.3 Å². The highest BCUT2D eigenvalue weighted by molar-refractivity contribution is 5.92. The van der Waals surface area contributed by atoms with E-state index in [0.29, 0.717) is 18.7 Å². The number of imidazole rings is 1. The number of nitrogens with zero attached hydrogens (tertiary/aromatic N) is 3. The average Bonchev–Trinajstić information content (AvgIpc) is 2.82. The van der Waals surface area contributed by atoms with Gasteiger partial charge in [0.05, 0.1) is 42.9 Å². The first-order valence-electron chi connectivity index (χ1n) is 5.79. The van der Waals surface area contributed by atoms with E-state index in [-0.39, 0.29) is 5.56 Å². The summed E-state index contributed by atoms with van der Waals surface area (Å²) in [5.74, 6) is -0.933. The van der Waals surface area contributed by atoms with Gasteiger partial charge in [-0.25, -0.2) is 14.5 Å². The molecule has 0 amide bonds. The van der Waals surface area contributed by atoms with Gasteiger partial charge >= 0.3 is 5.97 Å². The van der Waals surface area contributed by atoms with E-state index < -0.39 is 5.97 Å². The topological polar surface area (TPSA) is 67.6 Å². The van der Waals surface area contributed by atoms with Crippen LogP contribution in [0.2, 0.25) is 0 Å². The molecule has 1 N–H and O–H groups in total. The van der Waals surface area contributed by atoms with E-state index in [4.69, 9.17) is 9.84 Å². The number of aromatic carboxylic acids is 1. The summed E-state index contributed by atoms with van der Waals surface area (Å²) < 4.78 is 7.27. The lowest BCUT2D eigenvalue weighted by Gasteiger charge is -2.29. The number of carboxylic acids is 1. The molecule has 1 aliphatic rings. The van der Waals surface area contributed by atoms with E-state index in [9.17, 15) is 4.79 Å². The second-order valence-electron chi connectivity index (χ2n) is 4.16. The van der Waals surface area contributed by atoms with Gasteiger partial charge in [0.25, 0.3) is 0 Å². The fraction of sp³-hybridized carbons (Fsp3) is 0.333. The second-order valence-corrected chi connectivity index (χ2v) is 4.16. The van der Waals surface area contributed by atoms with Crippen LogP contribution < -0.4 is 5.01 Å². The first kappa shape index (κ1) is 11.0. The van der Waals surface area contributed by atoms with Gasteiger partial charge in [0.15, 0.2) is 0 Å². The largest absolute Gasteiger partial charge is 0.478 e. The van der Waals surface area contributed by atoms with E-state index in [1.54, 1.807) is 24.5 Å². The third-order valence-corrected chi connectivity index (χ3v) is 3.07. The maximum atomic E-state index is 10.9. The first-order valence-corrected chi connectivity index (χ1v) is 5.79. The van der Waals surface area contributed by atoms with Crippen LogP contribution in [0.4, 0.5) is 0 Å². The lowest BCUT2D eigenvalue weighted by Crippen LogP contribution is -2.43. The number of ether oxygens (including phenoxy) is 1. The van der Waals surface area contributed by atoms with Gasteiger partial charge in [-0.3, -0.25) is 0 Å². The maximum Gasteiger partial charge on any atom is 0.335 e. The summed E-state index contributed by atoms with van der Waals surface area (Å²) in [6.45, 7) is 3.03. The summed E-state index contributed by atoms with van der Waals surface area (Å²) in [7, 11) is 0. The van der Waals surface area contributed by atoms with Crippen molar-refractivity contribution >= 4 is 17.0 Å². The fourth-order valence-electron chi connectivity index (χ4n) is 2.13. The number of carbonyl (C=O) groups is 1. The summed E-state index contributed by atoms with van der Waals surface area (Å²) >= 11 is 0. The molecule has 1 aromatic heterocycles. The molecule has 0 radical (unpaired) electrons. The van der Waals surface area contributed by atoms with Crippen LogP contribution >= 0.6 is 0 Å².